The third kappa shape index (κ3) is 3.86. The molecule has 2 amide bonds. The fraction of sp³-hybridized carbons (Fsp3) is 0.273. The van der Waals surface area contributed by atoms with Crippen molar-refractivity contribution < 1.29 is 19.8 Å². The fourth-order valence-electron chi connectivity index (χ4n) is 1.15. The molecule has 1 rings (SSSR count). The van der Waals surface area contributed by atoms with Gasteiger partial charge in [-0.2, -0.15) is 0 Å². The number of carbonyl (C=O) groups is 2. The number of nitrogens with one attached hydrogen (secondary N) is 1. The first-order valence-corrected chi connectivity index (χ1v) is 5.00. The van der Waals surface area contributed by atoms with Gasteiger partial charge >= 0.3 is 0 Å². The second kappa shape index (κ2) is 5.97. The van der Waals surface area contributed by atoms with Gasteiger partial charge in [-0.25, -0.2) is 0 Å². The number of nitrogens with two attached hydrogens (primary N) is 1. The van der Waals surface area contributed by atoms with E-state index in [4.69, 9.17) is 15.9 Å². The van der Waals surface area contributed by atoms with E-state index in [-0.39, 0.29) is 13.2 Å². The normalized spacial score (nSPS) is 11.9. The van der Waals surface area contributed by atoms with Crippen molar-refractivity contribution in [2.75, 3.05) is 6.54 Å². The number of primary amides is 1. The molecule has 92 valence electrons. The van der Waals surface area contributed by atoms with Crippen LogP contribution in [0.5, 0.6) is 0 Å². The lowest BCUT2D eigenvalue weighted by molar-refractivity contribution is -0.125. The molecular formula is C11H14N2O4. The van der Waals surface area contributed by atoms with Gasteiger partial charge in [0.25, 0.3) is 5.91 Å². The van der Waals surface area contributed by atoms with Crippen molar-refractivity contribution in [3.05, 3.63) is 35.4 Å². The van der Waals surface area contributed by atoms with Gasteiger partial charge in [0.05, 0.1) is 13.2 Å². The first kappa shape index (κ1) is 13.1. The molecule has 17 heavy (non-hydrogen) atoms. The van der Waals surface area contributed by atoms with E-state index in [1.54, 1.807) is 12.1 Å². The number of benzene rings is 1. The lowest BCUT2D eigenvalue weighted by atomic mass is 10.1. The molecule has 1 unspecified atom stereocenters. The number of hydrogen-bond acceptors (Lipinski definition) is 4. The highest BCUT2D eigenvalue weighted by Gasteiger charge is 2.12. The average Bonchev–Trinajstić information content (AvgIpc) is 2.35. The Morgan fingerprint density at radius 3 is 2.35 bits per heavy atom. The van der Waals surface area contributed by atoms with E-state index in [0.717, 1.165) is 0 Å². The maximum atomic E-state index is 11.5. The summed E-state index contributed by atoms with van der Waals surface area (Å²) in [6.07, 6.45) is -1.39. The Morgan fingerprint density at radius 1 is 1.29 bits per heavy atom. The van der Waals surface area contributed by atoms with E-state index in [0.29, 0.717) is 11.1 Å². The zero-order valence-electron chi connectivity index (χ0n) is 9.09. The van der Waals surface area contributed by atoms with Gasteiger partial charge in [-0.1, -0.05) is 12.1 Å². The summed E-state index contributed by atoms with van der Waals surface area (Å²) < 4.78 is 0. The summed E-state index contributed by atoms with van der Waals surface area (Å²) in [4.78, 5) is 22.1. The SMILES string of the molecule is NC(=O)C(O)CNC(=O)c1ccc(CO)cc1. The fourth-order valence-corrected chi connectivity index (χ4v) is 1.15. The minimum atomic E-state index is -1.39. The largest absolute Gasteiger partial charge is 0.392 e. The van der Waals surface area contributed by atoms with Gasteiger partial charge in [0.1, 0.15) is 6.10 Å². The zero-order valence-corrected chi connectivity index (χ0v) is 9.09. The van der Waals surface area contributed by atoms with Crippen LogP contribution < -0.4 is 11.1 Å². The van der Waals surface area contributed by atoms with Crippen LogP contribution in [0.4, 0.5) is 0 Å². The second-order valence-electron chi connectivity index (χ2n) is 3.48. The third-order valence-electron chi connectivity index (χ3n) is 2.18. The first-order chi connectivity index (χ1) is 8.04. The molecule has 5 N–H and O–H groups in total. The number of aliphatic hydroxyl groups is 2. The molecule has 0 radical (unpaired) electrons. The van der Waals surface area contributed by atoms with E-state index in [1.165, 1.54) is 12.1 Å². The van der Waals surface area contributed by atoms with Crippen molar-refractivity contribution >= 4 is 11.8 Å². The van der Waals surface area contributed by atoms with E-state index >= 15 is 0 Å². The molecule has 0 saturated carbocycles. The summed E-state index contributed by atoms with van der Waals surface area (Å²) in [6, 6.07) is 6.30. The van der Waals surface area contributed by atoms with Crippen molar-refractivity contribution in [3.63, 3.8) is 0 Å². The first-order valence-electron chi connectivity index (χ1n) is 5.00. The smallest absolute Gasteiger partial charge is 0.251 e. The van der Waals surface area contributed by atoms with Gasteiger partial charge in [0, 0.05) is 5.56 Å². The highest BCUT2D eigenvalue weighted by Crippen LogP contribution is 2.04. The maximum Gasteiger partial charge on any atom is 0.251 e. The van der Waals surface area contributed by atoms with E-state index in [9.17, 15) is 9.59 Å². The highest BCUT2D eigenvalue weighted by molar-refractivity contribution is 5.94. The van der Waals surface area contributed by atoms with Crippen molar-refractivity contribution in [1.29, 1.82) is 0 Å². The Balaban J connectivity index is 2.55. The third-order valence-corrected chi connectivity index (χ3v) is 2.18. The summed E-state index contributed by atoms with van der Waals surface area (Å²) in [5.41, 5.74) is 5.90. The molecule has 0 saturated heterocycles. The number of amides is 2. The quantitative estimate of drug-likeness (QED) is 0.513. The predicted octanol–water partition coefficient (Wildman–Crippen LogP) is -1.25. The summed E-state index contributed by atoms with van der Waals surface area (Å²) in [5.74, 6) is -1.31. The second-order valence-corrected chi connectivity index (χ2v) is 3.48. The lowest BCUT2D eigenvalue weighted by Crippen LogP contribution is -2.39. The van der Waals surface area contributed by atoms with Gasteiger partial charge in [0.15, 0.2) is 0 Å². The summed E-state index contributed by atoms with van der Waals surface area (Å²) in [6.45, 7) is -0.321. The van der Waals surface area contributed by atoms with Crippen LogP contribution in [0, 0.1) is 0 Å². The standard InChI is InChI=1S/C11H14N2O4/c12-10(16)9(15)5-13-11(17)8-3-1-7(6-14)2-4-8/h1-4,9,14-15H,5-6H2,(H2,12,16)(H,13,17). The van der Waals surface area contributed by atoms with Crippen LogP contribution in [0.2, 0.25) is 0 Å². The van der Waals surface area contributed by atoms with Crippen LogP contribution in [-0.2, 0) is 11.4 Å². The van der Waals surface area contributed by atoms with E-state index in [2.05, 4.69) is 5.32 Å². The molecule has 0 aromatic heterocycles. The predicted molar refractivity (Wildman–Crippen MR) is 59.9 cm³/mol. The Labute approximate surface area is 98.1 Å². The van der Waals surface area contributed by atoms with Crippen LogP contribution >= 0.6 is 0 Å². The van der Waals surface area contributed by atoms with E-state index in [1.807, 2.05) is 0 Å². The van der Waals surface area contributed by atoms with Crippen LogP contribution in [-0.4, -0.2) is 34.7 Å². The van der Waals surface area contributed by atoms with Gasteiger partial charge in [-0.3, -0.25) is 9.59 Å². The van der Waals surface area contributed by atoms with Crippen molar-refractivity contribution in [2.24, 2.45) is 5.73 Å². The molecule has 1 atom stereocenters. The summed E-state index contributed by atoms with van der Waals surface area (Å²) in [5, 5.41) is 20.3. The van der Waals surface area contributed by atoms with Crippen molar-refractivity contribution in [2.45, 2.75) is 12.7 Å². The minimum absolute atomic E-state index is 0.0950. The molecule has 0 aliphatic carbocycles. The summed E-state index contributed by atoms with van der Waals surface area (Å²) >= 11 is 0. The Kier molecular flexibility index (Phi) is 4.62. The molecule has 6 heteroatoms. The van der Waals surface area contributed by atoms with Gasteiger partial charge < -0.3 is 21.3 Å². The molecule has 1 aromatic rings. The van der Waals surface area contributed by atoms with Crippen molar-refractivity contribution in [1.82, 2.24) is 5.32 Å². The monoisotopic (exact) mass is 238 g/mol. The van der Waals surface area contributed by atoms with Crippen LogP contribution in [0.15, 0.2) is 24.3 Å². The molecule has 0 aliphatic rings. The molecule has 0 spiro atoms. The van der Waals surface area contributed by atoms with Crippen LogP contribution in [0.1, 0.15) is 15.9 Å². The van der Waals surface area contributed by atoms with Gasteiger partial charge in [-0.15, -0.1) is 0 Å². The van der Waals surface area contributed by atoms with Gasteiger partial charge in [-0.05, 0) is 17.7 Å². The summed E-state index contributed by atoms with van der Waals surface area (Å²) in [7, 11) is 0. The molecule has 0 bridgehead atoms. The molecule has 0 fully saturated rings. The zero-order chi connectivity index (χ0) is 12.8. The number of hydrogen-bond donors (Lipinski definition) is 4. The van der Waals surface area contributed by atoms with Crippen LogP contribution in [0.3, 0.4) is 0 Å². The topological polar surface area (TPSA) is 113 Å². The van der Waals surface area contributed by atoms with E-state index < -0.39 is 17.9 Å². The average molecular weight is 238 g/mol. The number of carbonyl (C=O) groups excluding carboxylic acids is 2. The molecular weight excluding hydrogens is 224 g/mol. The molecule has 6 nitrogen and oxygen atoms in total. The Bertz CT molecular complexity index is 402. The number of aliphatic hydroxyl groups excluding tert-OH is 2. The van der Waals surface area contributed by atoms with Crippen LogP contribution in [0.25, 0.3) is 0 Å². The maximum absolute atomic E-state index is 11.5. The number of rotatable bonds is 5. The molecule has 0 aliphatic heterocycles. The molecule has 1 aromatic carbocycles. The molecule has 0 heterocycles. The Hall–Kier alpha value is -1.92. The Morgan fingerprint density at radius 2 is 1.88 bits per heavy atom. The van der Waals surface area contributed by atoms with Crippen molar-refractivity contribution in [3.8, 4) is 0 Å². The van der Waals surface area contributed by atoms with Gasteiger partial charge in [0.2, 0.25) is 5.91 Å². The highest BCUT2D eigenvalue weighted by atomic mass is 16.3. The minimum Gasteiger partial charge on any atom is -0.392 e. The lowest BCUT2D eigenvalue weighted by Gasteiger charge is -2.08.